The van der Waals surface area contributed by atoms with Crippen LogP contribution >= 0.6 is 12.4 Å². The van der Waals surface area contributed by atoms with Gasteiger partial charge in [0.1, 0.15) is 5.82 Å². The van der Waals surface area contributed by atoms with Crippen molar-refractivity contribution in [3.05, 3.63) is 23.9 Å². The van der Waals surface area contributed by atoms with Gasteiger partial charge in [-0.2, -0.15) is 0 Å². The quantitative estimate of drug-likeness (QED) is 0.907. The third-order valence-electron chi connectivity index (χ3n) is 4.40. The lowest BCUT2D eigenvalue weighted by molar-refractivity contribution is 0.308. The first-order valence-electron chi connectivity index (χ1n) is 7.63. The number of rotatable bonds is 5. The number of hydrogen-bond donors (Lipinski definition) is 1. The predicted molar refractivity (Wildman–Crippen MR) is 92.1 cm³/mol. The maximum absolute atomic E-state index is 5.99. The maximum atomic E-state index is 5.99. The Balaban J connectivity index is 0.00000220. The number of aromatic nitrogens is 1. The molecule has 0 saturated carbocycles. The van der Waals surface area contributed by atoms with E-state index in [0.717, 1.165) is 25.5 Å². The number of halogens is 1. The molecule has 1 aliphatic rings. The van der Waals surface area contributed by atoms with E-state index in [-0.39, 0.29) is 12.4 Å². The Morgan fingerprint density at radius 2 is 2.10 bits per heavy atom. The van der Waals surface area contributed by atoms with Crippen molar-refractivity contribution in [2.75, 3.05) is 25.0 Å². The second kappa shape index (κ2) is 7.97. The van der Waals surface area contributed by atoms with Gasteiger partial charge in [0.25, 0.3) is 0 Å². The van der Waals surface area contributed by atoms with E-state index in [9.17, 15) is 0 Å². The van der Waals surface area contributed by atoms with Gasteiger partial charge in [-0.05, 0) is 51.3 Å². The Morgan fingerprint density at radius 1 is 1.38 bits per heavy atom. The number of hydrogen-bond acceptors (Lipinski definition) is 4. The normalized spacial score (nSPS) is 20.4. The molecule has 1 fully saturated rings. The number of nitrogens with two attached hydrogens (primary N) is 1. The summed E-state index contributed by atoms with van der Waals surface area (Å²) >= 11 is 0. The largest absolute Gasteiger partial charge is 0.357 e. The Bertz CT molecular complexity index is 419. The molecule has 120 valence electrons. The molecule has 1 aromatic rings. The average Bonchev–Trinajstić information content (AvgIpc) is 2.87. The molecule has 2 heterocycles. The Kier molecular flexibility index (Phi) is 6.91. The molecule has 2 atom stereocenters. The van der Waals surface area contributed by atoms with Crippen molar-refractivity contribution in [1.82, 2.24) is 9.88 Å². The summed E-state index contributed by atoms with van der Waals surface area (Å²) in [4.78, 5) is 9.24. The van der Waals surface area contributed by atoms with Crippen LogP contribution in [0, 0.1) is 5.92 Å². The van der Waals surface area contributed by atoms with Gasteiger partial charge in [-0.3, -0.25) is 4.90 Å². The van der Waals surface area contributed by atoms with Crippen LogP contribution < -0.4 is 10.6 Å². The van der Waals surface area contributed by atoms with Gasteiger partial charge < -0.3 is 10.6 Å². The fourth-order valence-electron chi connectivity index (χ4n) is 2.68. The van der Waals surface area contributed by atoms with Crippen molar-refractivity contribution in [3.63, 3.8) is 0 Å². The van der Waals surface area contributed by atoms with E-state index < -0.39 is 0 Å². The molecule has 5 heteroatoms. The van der Waals surface area contributed by atoms with Crippen LogP contribution in [0.5, 0.6) is 0 Å². The molecule has 2 N–H and O–H groups in total. The number of likely N-dealkylation sites (tertiary alicyclic amines) is 1. The minimum Gasteiger partial charge on any atom is -0.357 e. The highest BCUT2D eigenvalue weighted by atomic mass is 35.5. The van der Waals surface area contributed by atoms with Crippen LogP contribution in [0.1, 0.15) is 32.8 Å². The van der Waals surface area contributed by atoms with Crippen LogP contribution in [-0.4, -0.2) is 42.1 Å². The van der Waals surface area contributed by atoms with Gasteiger partial charge >= 0.3 is 0 Å². The van der Waals surface area contributed by atoms with Crippen LogP contribution in [-0.2, 0) is 6.54 Å². The topological polar surface area (TPSA) is 45.4 Å². The summed E-state index contributed by atoms with van der Waals surface area (Å²) in [6.45, 7) is 9.72. The highest BCUT2D eigenvalue weighted by molar-refractivity contribution is 5.85. The smallest absolute Gasteiger partial charge is 0.128 e. The maximum Gasteiger partial charge on any atom is 0.128 e. The molecule has 2 rings (SSSR count). The molecule has 2 unspecified atom stereocenters. The minimum absolute atomic E-state index is 0. The number of nitrogens with zero attached hydrogens (tertiary/aromatic N) is 3. The summed E-state index contributed by atoms with van der Waals surface area (Å²) < 4.78 is 0. The third kappa shape index (κ3) is 4.83. The molecule has 0 aromatic carbocycles. The third-order valence-corrected chi connectivity index (χ3v) is 4.40. The highest BCUT2D eigenvalue weighted by Crippen LogP contribution is 2.21. The second-order valence-corrected chi connectivity index (χ2v) is 6.37. The van der Waals surface area contributed by atoms with Gasteiger partial charge in [0.15, 0.2) is 0 Å². The summed E-state index contributed by atoms with van der Waals surface area (Å²) in [7, 11) is 2.08. The van der Waals surface area contributed by atoms with Crippen molar-refractivity contribution < 1.29 is 0 Å². The monoisotopic (exact) mass is 312 g/mol. The highest BCUT2D eigenvalue weighted by Gasteiger charge is 2.25. The molecule has 0 bridgehead atoms. The minimum atomic E-state index is 0. The average molecular weight is 313 g/mol. The van der Waals surface area contributed by atoms with Gasteiger partial charge in [0, 0.05) is 38.4 Å². The molecule has 21 heavy (non-hydrogen) atoms. The Hall–Kier alpha value is -0.840. The molecular weight excluding hydrogens is 284 g/mol. The van der Waals surface area contributed by atoms with Crippen LogP contribution in [0.2, 0.25) is 0 Å². The molecule has 0 amide bonds. The van der Waals surface area contributed by atoms with Crippen molar-refractivity contribution in [1.29, 1.82) is 0 Å². The van der Waals surface area contributed by atoms with E-state index in [1.165, 1.54) is 12.0 Å². The molecule has 0 spiro atoms. The first kappa shape index (κ1) is 18.2. The molecule has 4 nitrogen and oxygen atoms in total. The molecule has 1 aromatic heterocycles. The lowest BCUT2D eigenvalue weighted by Gasteiger charge is -2.23. The van der Waals surface area contributed by atoms with Crippen molar-refractivity contribution in [2.24, 2.45) is 11.7 Å². The van der Waals surface area contributed by atoms with Crippen LogP contribution in [0.15, 0.2) is 18.3 Å². The zero-order valence-corrected chi connectivity index (χ0v) is 14.4. The van der Waals surface area contributed by atoms with E-state index in [1.807, 2.05) is 6.20 Å². The number of pyridine rings is 1. The fraction of sp³-hybridized carbons (Fsp3) is 0.688. The van der Waals surface area contributed by atoms with E-state index in [1.54, 1.807) is 0 Å². The van der Waals surface area contributed by atoms with E-state index in [2.05, 4.69) is 54.7 Å². The zero-order chi connectivity index (χ0) is 14.7. The summed E-state index contributed by atoms with van der Waals surface area (Å²) in [6, 6.07) is 5.09. The lowest BCUT2D eigenvalue weighted by atomic mass is 10.0. The van der Waals surface area contributed by atoms with Gasteiger partial charge in [-0.15, -0.1) is 12.4 Å². The molecule has 1 saturated heterocycles. The molecule has 1 aliphatic heterocycles. The van der Waals surface area contributed by atoms with E-state index >= 15 is 0 Å². The predicted octanol–water partition coefficient (Wildman–Crippen LogP) is 2.52. The first-order chi connectivity index (χ1) is 9.47. The molecule has 0 aliphatic carbocycles. The van der Waals surface area contributed by atoms with Gasteiger partial charge in [0.2, 0.25) is 0 Å². The zero-order valence-electron chi connectivity index (χ0n) is 13.6. The summed E-state index contributed by atoms with van der Waals surface area (Å²) in [5, 5.41) is 0. The van der Waals surface area contributed by atoms with Gasteiger partial charge in [0.05, 0.1) is 0 Å². The first-order valence-corrected chi connectivity index (χ1v) is 7.63. The van der Waals surface area contributed by atoms with Crippen molar-refractivity contribution in [2.45, 2.75) is 45.8 Å². The van der Waals surface area contributed by atoms with E-state index in [0.29, 0.717) is 18.0 Å². The van der Waals surface area contributed by atoms with Crippen LogP contribution in [0.3, 0.4) is 0 Å². The Morgan fingerprint density at radius 3 is 2.57 bits per heavy atom. The van der Waals surface area contributed by atoms with Gasteiger partial charge in [-0.25, -0.2) is 4.98 Å². The van der Waals surface area contributed by atoms with Crippen molar-refractivity contribution in [3.8, 4) is 0 Å². The SMILES string of the molecule is CC(N)C1CCN(Cc2ccc(N(C)C(C)C)nc2)C1.Cl. The van der Waals surface area contributed by atoms with Crippen LogP contribution in [0.25, 0.3) is 0 Å². The fourth-order valence-corrected chi connectivity index (χ4v) is 2.68. The molecule has 0 radical (unpaired) electrons. The summed E-state index contributed by atoms with van der Waals surface area (Å²) in [6.07, 6.45) is 3.23. The summed E-state index contributed by atoms with van der Waals surface area (Å²) in [5.74, 6) is 1.69. The second-order valence-electron chi connectivity index (χ2n) is 6.37. The van der Waals surface area contributed by atoms with E-state index in [4.69, 9.17) is 5.73 Å². The standard InChI is InChI=1S/C16H28N4.ClH/c1-12(2)19(4)16-6-5-14(9-18-16)10-20-8-7-15(11-20)13(3)17;/h5-6,9,12-13,15H,7-8,10-11,17H2,1-4H3;1H. The molecular formula is C16H29ClN4. The van der Waals surface area contributed by atoms with Gasteiger partial charge in [-0.1, -0.05) is 6.07 Å². The lowest BCUT2D eigenvalue weighted by Crippen LogP contribution is -2.29. The Labute approximate surface area is 135 Å². The number of anilines is 1. The van der Waals surface area contributed by atoms with Crippen LogP contribution in [0.4, 0.5) is 5.82 Å². The summed E-state index contributed by atoms with van der Waals surface area (Å²) in [5.41, 5.74) is 7.28. The van der Waals surface area contributed by atoms with Crippen molar-refractivity contribution >= 4 is 18.2 Å².